The average Bonchev–Trinajstić information content (AvgIpc) is 3.35. The molecule has 4 aromatic rings. The van der Waals surface area contributed by atoms with Gasteiger partial charge in [0.25, 0.3) is 11.6 Å². The predicted molar refractivity (Wildman–Crippen MR) is 139 cm³/mol. The predicted octanol–water partition coefficient (Wildman–Crippen LogP) is 3.81. The number of pyridine rings is 1. The zero-order valence-electron chi connectivity index (χ0n) is 20.9. The molecule has 186 valence electrons. The Morgan fingerprint density at radius 3 is 2.30 bits per heavy atom. The van der Waals surface area contributed by atoms with E-state index in [1.807, 2.05) is 86.6 Å². The third kappa shape index (κ3) is 4.56. The molecule has 1 aliphatic rings. The number of nitrogens with zero attached hydrogens (tertiary/aromatic N) is 4. The van der Waals surface area contributed by atoms with Crippen LogP contribution in [-0.2, 0) is 16.1 Å². The van der Waals surface area contributed by atoms with Crippen molar-refractivity contribution in [2.75, 3.05) is 6.54 Å². The van der Waals surface area contributed by atoms with E-state index in [1.165, 1.54) is 9.58 Å². The molecule has 0 radical (unpaired) electrons. The first-order valence-electron chi connectivity index (χ1n) is 12.5. The molecule has 0 aliphatic carbocycles. The maximum atomic E-state index is 13.9. The number of hydrogen-bond acceptors (Lipinski definition) is 4. The second-order valence-electron chi connectivity index (χ2n) is 9.17. The number of hydrogen-bond donors (Lipinski definition) is 0. The maximum absolute atomic E-state index is 13.9. The highest BCUT2D eigenvalue weighted by Crippen LogP contribution is 2.40. The Kier molecular flexibility index (Phi) is 6.68. The van der Waals surface area contributed by atoms with Gasteiger partial charge < -0.3 is 5.11 Å². The summed E-state index contributed by atoms with van der Waals surface area (Å²) in [6, 6.07) is 22.6. The molecule has 2 aromatic carbocycles. The molecule has 0 atom stereocenters. The van der Waals surface area contributed by atoms with Crippen molar-refractivity contribution in [2.45, 2.75) is 33.2 Å². The maximum Gasteiger partial charge on any atom is 0.326 e. The topological polar surface area (TPSA) is 82.1 Å². The third-order valence-corrected chi connectivity index (χ3v) is 6.46. The molecule has 7 nitrogen and oxygen atoms in total. The van der Waals surface area contributed by atoms with Gasteiger partial charge in [-0.05, 0) is 30.9 Å². The summed E-state index contributed by atoms with van der Waals surface area (Å²) in [6.45, 7) is 4.47. The largest absolute Gasteiger partial charge is 0.858 e. The fourth-order valence-electron chi connectivity index (χ4n) is 4.61. The standard InChI is InChI=1S/C30H28N4O3/c1-3-4-18-33-28(35)25(27(30(33)37)32-17-11-12-21(2)19-32)24-26(23-15-9-6-10-16-23)31-34(29(24)36)20-22-13-7-5-8-14-22/h5-17,19H,3-4,18,20H2,1-2H3. The summed E-state index contributed by atoms with van der Waals surface area (Å²) >= 11 is 0. The zero-order valence-corrected chi connectivity index (χ0v) is 20.9. The highest BCUT2D eigenvalue weighted by atomic mass is 16.3. The van der Waals surface area contributed by atoms with Crippen molar-refractivity contribution in [1.82, 2.24) is 14.7 Å². The van der Waals surface area contributed by atoms with Gasteiger partial charge in [0.2, 0.25) is 0 Å². The first kappa shape index (κ1) is 24.2. The van der Waals surface area contributed by atoms with E-state index in [0.29, 0.717) is 24.2 Å². The summed E-state index contributed by atoms with van der Waals surface area (Å²) in [5.74, 6) is -1.27. The van der Waals surface area contributed by atoms with Gasteiger partial charge in [-0.15, -0.1) is 0 Å². The third-order valence-electron chi connectivity index (χ3n) is 6.46. The van der Waals surface area contributed by atoms with Crippen LogP contribution >= 0.6 is 0 Å². The Bertz CT molecular complexity index is 1490. The summed E-state index contributed by atoms with van der Waals surface area (Å²) in [7, 11) is 0. The smallest absolute Gasteiger partial charge is 0.326 e. The van der Waals surface area contributed by atoms with Crippen LogP contribution in [0.2, 0.25) is 0 Å². The number of rotatable bonds is 8. The summed E-state index contributed by atoms with van der Waals surface area (Å²) in [5.41, 5.74) is 3.36. The van der Waals surface area contributed by atoms with Crippen molar-refractivity contribution in [3.8, 4) is 17.1 Å². The normalized spacial score (nSPS) is 13.6. The highest BCUT2D eigenvalue weighted by molar-refractivity contribution is 6.45. The molecule has 7 heteroatoms. The number of carbonyl (C=O) groups excluding carboxylic acids is 2. The Labute approximate surface area is 215 Å². The van der Waals surface area contributed by atoms with Crippen LogP contribution in [0.4, 0.5) is 0 Å². The minimum atomic E-state index is -0.462. The van der Waals surface area contributed by atoms with Crippen molar-refractivity contribution in [1.29, 1.82) is 0 Å². The van der Waals surface area contributed by atoms with Crippen LogP contribution in [0.3, 0.4) is 0 Å². The van der Waals surface area contributed by atoms with Gasteiger partial charge >= 0.3 is 5.91 Å². The van der Waals surface area contributed by atoms with Crippen LogP contribution in [0, 0.1) is 6.92 Å². The van der Waals surface area contributed by atoms with E-state index in [9.17, 15) is 14.7 Å². The Morgan fingerprint density at radius 1 is 0.919 bits per heavy atom. The highest BCUT2D eigenvalue weighted by Gasteiger charge is 2.46. The lowest BCUT2D eigenvalue weighted by atomic mass is 10.00. The zero-order chi connectivity index (χ0) is 25.9. The second kappa shape index (κ2) is 10.2. The van der Waals surface area contributed by atoms with E-state index >= 15 is 0 Å². The molecule has 0 saturated heterocycles. The van der Waals surface area contributed by atoms with Gasteiger partial charge in [0, 0.05) is 29.3 Å². The summed E-state index contributed by atoms with van der Waals surface area (Å²) < 4.78 is 3.03. The molecule has 2 aromatic heterocycles. The van der Waals surface area contributed by atoms with Gasteiger partial charge in [-0.25, -0.2) is 0 Å². The van der Waals surface area contributed by atoms with Gasteiger partial charge in [-0.3, -0.25) is 19.2 Å². The van der Waals surface area contributed by atoms with Crippen molar-refractivity contribution in [3.63, 3.8) is 0 Å². The first-order chi connectivity index (χ1) is 18.0. The number of carbonyl (C=O) groups is 2. The monoisotopic (exact) mass is 492 g/mol. The second-order valence-corrected chi connectivity index (χ2v) is 9.17. The van der Waals surface area contributed by atoms with Crippen molar-refractivity contribution < 1.29 is 19.3 Å². The summed E-state index contributed by atoms with van der Waals surface area (Å²) in [5, 5.41) is 18.6. The number of aromatic nitrogens is 3. The average molecular weight is 493 g/mol. The van der Waals surface area contributed by atoms with Crippen molar-refractivity contribution >= 4 is 23.1 Å². The van der Waals surface area contributed by atoms with E-state index in [0.717, 1.165) is 17.5 Å². The number of benzene rings is 2. The van der Waals surface area contributed by atoms with Crippen LogP contribution in [0.25, 0.3) is 22.5 Å². The molecule has 1 aliphatic heterocycles. The number of amides is 2. The molecule has 2 amide bonds. The molecule has 3 heterocycles. The van der Waals surface area contributed by atoms with Crippen LogP contribution in [0.1, 0.15) is 36.5 Å². The fourth-order valence-corrected chi connectivity index (χ4v) is 4.61. The molecule has 0 bridgehead atoms. The lowest BCUT2D eigenvalue weighted by molar-refractivity contribution is -0.577. The Morgan fingerprint density at radius 2 is 1.62 bits per heavy atom. The van der Waals surface area contributed by atoms with Crippen molar-refractivity contribution in [2.24, 2.45) is 0 Å². The quantitative estimate of drug-likeness (QED) is 0.277. The van der Waals surface area contributed by atoms with E-state index in [-0.39, 0.29) is 23.4 Å². The molecular formula is C30H28N4O3. The van der Waals surface area contributed by atoms with Crippen molar-refractivity contribution in [3.05, 3.63) is 102 Å². The van der Waals surface area contributed by atoms with Gasteiger partial charge in [0.05, 0.1) is 12.2 Å². The van der Waals surface area contributed by atoms with Crippen LogP contribution in [-0.4, -0.2) is 33.0 Å². The summed E-state index contributed by atoms with van der Waals surface area (Å²) in [6.07, 6.45) is 5.04. The Hall–Kier alpha value is -4.52. The fraction of sp³-hybridized carbons (Fsp3) is 0.200. The lowest BCUT2D eigenvalue weighted by Crippen LogP contribution is -2.40. The molecule has 37 heavy (non-hydrogen) atoms. The number of unbranched alkanes of at least 4 members (excludes halogenated alkanes) is 1. The molecule has 5 rings (SSSR count). The number of imide groups is 1. The van der Waals surface area contributed by atoms with E-state index in [4.69, 9.17) is 5.10 Å². The molecule has 0 unspecified atom stereocenters. The van der Waals surface area contributed by atoms with Gasteiger partial charge in [-0.2, -0.15) is 9.67 Å². The molecule has 0 spiro atoms. The van der Waals surface area contributed by atoms with Gasteiger partial charge in [-0.1, -0.05) is 74.0 Å². The van der Waals surface area contributed by atoms with E-state index in [2.05, 4.69) is 0 Å². The molecular weight excluding hydrogens is 464 g/mol. The first-order valence-corrected chi connectivity index (χ1v) is 12.5. The SMILES string of the molecule is CCCCN1C(=O)C(c2c(-c3ccccc3)nn(Cc3ccccc3)c2[O-])=C([n+]2cccc(C)c2)C1=O. The Balaban J connectivity index is 1.76. The van der Waals surface area contributed by atoms with Crippen LogP contribution < -0.4 is 9.67 Å². The lowest BCUT2D eigenvalue weighted by Gasteiger charge is -2.15. The molecule has 0 fully saturated rings. The number of aryl methyl sites for hydroxylation is 1. The van der Waals surface area contributed by atoms with Crippen LogP contribution in [0.15, 0.2) is 85.2 Å². The van der Waals surface area contributed by atoms with E-state index < -0.39 is 17.7 Å². The van der Waals surface area contributed by atoms with Gasteiger partial charge in [0.15, 0.2) is 12.4 Å². The molecule has 0 N–H and O–H groups in total. The minimum absolute atomic E-state index is 0.0971. The van der Waals surface area contributed by atoms with Gasteiger partial charge in [0.1, 0.15) is 5.57 Å². The van der Waals surface area contributed by atoms with Crippen LogP contribution in [0.5, 0.6) is 5.88 Å². The minimum Gasteiger partial charge on any atom is -0.858 e. The summed E-state index contributed by atoms with van der Waals surface area (Å²) in [4.78, 5) is 28.8. The van der Waals surface area contributed by atoms with E-state index in [1.54, 1.807) is 17.0 Å². The molecule has 0 saturated carbocycles.